The van der Waals surface area contributed by atoms with E-state index in [1.165, 1.54) is 6.08 Å². The third-order valence-electron chi connectivity index (χ3n) is 0.964. The first kappa shape index (κ1) is 5.75. The number of alkyl halides is 1. The molecule has 1 aliphatic heterocycles. The Morgan fingerprint density at radius 3 is 2.38 bits per heavy atom. The average molecular weight is 136 g/mol. The van der Waals surface area contributed by atoms with E-state index in [9.17, 15) is 12.8 Å². The molecule has 0 N–H and O–H groups in total. The van der Waals surface area contributed by atoms with E-state index in [0.29, 0.717) is 0 Å². The fraction of sp³-hybridized carbons (Fsp3) is 0.500. The molecule has 46 valence electrons. The highest BCUT2D eigenvalue weighted by atomic mass is 32.2. The molecule has 2 nitrogen and oxygen atoms in total. The van der Waals surface area contributed by atoms with Crippen molar-refractivity contribution in [3.05, 3.63) is 11.5 Å². The fourth-order valence-electron chi connectivity index (χ4n) is 0.516. The van der Waals surface area contributed by atoms with E-state index in [0.717, 1.165) is 5.41 Å². The maximum atomic E-state index is 12.1. The molecule has 1 heterocycles. The molecule has 0 spiro atoms. The van der Waals surface area contributed by atoms with E-state index in [2.05, 4.69) is 0 Å². The van der Waals surface area contributed by atoms with Gasteiger partial charge in [-0.05, 0) is 0 Å². The Morgan fingerprint density at radius 1 is 1.62 bits per heavy atom. The van der Waals surface area contributed by atoms with Crippen molar-refractivity contribution in [2.45, 2.75) is 11.9 Å². The predicted octanol–water partition coefficient (Wildman–Crippen LogP) is 0.614. The zero-order valence-corrected chi connectivity index (χ0v) is 4.86. The van der Waals surface area contributed by atoms with Gasteiger partial charge in [0.2, 0.25) is 15.3 Å². The standard InChI is InChI=1S/C4H5FO2S/c5-4-2-1-3-8(4,6)7/h1,3-4H,2H2. The first-order chi connectivity index (χ1) is 3.63. The van der Waals surface area contributed by atoms with Gasteiger partial charge in [-0.25, -0.2) is 12.8 Å². The van der Waals surface area contributed by atoms with Crippen LogP contribution in [-0.4, -0.2) is 13.9 Å². The normalized spacial score (nSPS) is 33.4. The van der Waals surface area contributed by atoms with Crippen LogP contribution in [0.15, 0.2) is 11.5 Å². The summed E-state index contributed by atoms with van der Waals surface area (Å²) in [5, 5.41) is 0.914. The third kappa shape index (κ3) is 0.753. The zero-order valence-electron chi connectivity index (χ0n) is 4.04. The molecule has 0 amide bonds. The number of hydrogen-bond donors (Lipinski definition) is 0. The van der Waals surface area contributed by atoms with E-state index in [-0.39, 0.29) is 6.42 Å². The number of sulfone groups is 1. The number of allylic oxidation sites excluding steroid dienone is 1. The van der Waals surface area contributed by atoms with Gasteiger partial charge in [0.25, 0.3) is 0 Å². The lowest BCUT2D eigenvalue weighted by molar-refractivity contribution is 0.431. The van der Waals surface area contributed by atoms with Crippen LogP contribution in [0.1, 0.15) is 6.42 Å². The van der Waals surface area contributed by atoms with Crippen LogP contribution < -0.4 is 0 Å². The second kappa shape index (κ2) is 1.55. The lowest BCUT2D eigenvalue weighted by Gasteiger charge is -1.91. The molecule has 8 heavy (non-hydrogen) atoms. The van der Waals surface area contributed by atoms with E-state index in [1.54, 1.807) is 0 Å². The smallest absolute Gasteiger partial charge is 0.208 e. The lowest BCUT2D eigenvalue weighted by atomic mass is 10.5. The Kier molecular flexibility index (Phi) is 1.11. The van der Waals surface area contributed by atoms with Crippen molar-refractivity contribution < 1.29 is 12.8 Å². The second-order valence-electron chi connectivity index (χ2n) is 1.61. The first-order valence-corrected chi connectivity index (χ1v) is 3.78. The Labute approximate surface area is 46.9 Å². The van der Waals surface area contributed by atoms with Gasteiger partial charge in [-0.1, -0.05) is 6.08 Å². The summed E-state index contributed by atoms with van der Waals surface area (Å²) in [5.41, 5.74) is -1.68. The van der Waals surface area contributed by atoms with Gasteiger partial charge >= 0.3 is 0 Å². The summed E-state index contributed by atoms with van der Waals surface area (Å²) in [4.78, 5) is 0. The van der Waals surface area contributed by atoms with Gasteiger partial charge in [-0.3, -0.25) is 0 Å². The van der Waals surface area contributed by atoms with Crippen molar-refractivity contribution in [3.8, 4) is 0 Å². The molecule has 0 radical (unpaired) electrons. The van der Waals surface area contributed by atoms with Crippen LogP contribution in [0, 0.1) is 0 Å². The van der Waals surface area contributed by atoms with Crippen molar-refractivity contribution >= 4 is 9.84 Å². The zero-order chi connectivity index (χ0) is 6.20. The van der Waals surface area contributed by atoms with E-state index in [1.807, 2.05) is 0 Å². The predicted molar refractivity (Wildman–Crippen MR) is 27.6 cm³/mol. The fourth-order valence-corrected chi connectivity index (χ4v) is 1.45. The highest BCUT2D eigenvalue weighted by molar-refractivity contribution is 7.94. The molecule has 1 unspecified atom stereocenters. The van der Waals surface area contributed by atoms with Crippen molar-refractivity contribution in [1.82, 2.24) is 0 Å². The van der Waals surface area contributed by atoms with Gasteiger partial charge in [0.1, 0.15) is 0 Å². The van der Waals surface area contributed by atoms with Crippen LogP contribution in [0.3, 0.4) is 0 Å². The minimum atomic E-state index is -3.47. The molecule has 0 bridgehead atoms. The molecule has 0 fully saturated rings. The molecule has 0 saturated carbocycles. The van der Waals surface area contributed by atoms with Crippen molar-refractivity contribution in [1.29, 1.82) is 0 Å². The SMILES string of the molecule is O=S1(=O)C=CCC1F. The van der Waals surface area contributed by atoms with Crippen LogP contribution in [-0.2, 0) is 9.84 Å². The van der Waals surface area contributed by atoms with Gasteiger partial charge < -0.3 is 0 Å². The van der Waals surface area contributed by atoms with E-state index in [4.69, 9.17) is 0 Å². The molecule has 0 saturated heterocycles. The molecule has 0 aliphatic carbocycles. The van der Waals surface area contributed by atoms with E-state index < -0.39 is 15.3 Å². The third-order valence-corrected chi connectivity index (χ3v) is 2.44. The monoisotopic (exact) mass is 136 g/mol. The number of halogens is 1. The summed E-state index contributed by atoms with van der Waals surface area (Å²) in [6.45, 7) is 0. The van der Waals surface area contributed by atoms with Gasteiger partial charge in [0.05, 0.1) is 0 Å². The minimum Gasteiger partial charge on any atom is -0.229 e. The van der Waals surface area contributed by atoms with Crippen LogP contribution in [0.25, 0.3) is 0 Å². The van der Waals surface area contributed by atoms with Gasteiger partial charge in [-0.2, -0.15) is 0 Å². The van der Waals surface area contributed by atoms with Crippen molar-refractivity contribution in [3.63, 3.8) is 0 Å². The maximum absolute atomic E-state index is 12.1. The molecule has 0 aromatic heterocycles. The molecule has 0 aromatic rings. The van der Waals surface area contributed by atoms with Crippen LogP contribution >= 0.6 is 0 Å². The molecule has 4 heteroatoms. The summed E-state index contributed by atoms with van der Waals surface area (Å²) >= 11 is 0. The van der Waals surface area contributed by atoms with Gasteiger partial charge in [-0.15, -0.1) is 0 Å². The summed E-state index contributed by atoms with van der Waals surface area (Å²) < 4.78 is 32.7. The molecule has 1 rings (SSSR count). The van der Waals surface area contributed by atoms with Gasteiger partial charge in [0, 0.05) is 11.8 Å². The summed E-state index contributed by atoms with van der Waals surface area (Å²) in [6, 6.07) is 0. The lowest BCUT2D eigenvalue weighted by Crippen LogP contribution is -2.06. The van der Waals surface area contributed by atoms with Crippen LogP contribution in [0.4, 0.5) is 4.39 Å². The number of rotatable bonds is 0. The topological polar surface area (TPSA) is 34.1 Å². The Hall–Kier alpha value is -0.380. The quantitative estimate of drug-likeness (QED) is 0.489. The summed E-state index contributed by atoms with van der Waals surface area (Å²) in [6.07, 6.45) is 1.34. The summed E-state index contributed by atoms with van der Waals surface area (Å²) in [5.74, 6) is 0. The van der Waals surface area contributed by atoms with Crippen LogP contribution in [0.5, 0.6) is 0 Å². The molecule has 0 aromatic carbocycles. The van der Waals surface area contributed by atoms with E-state index >= 15 is 0 Å². The Balaban J connectivity index is 3.01. The van der Waals surface area contributed by atoms with Crippen molar-refractivity contribution in [2.24, 2.45) is 0 Å². The largest absolute Gasteiger partial charge is 0.229 e. The minimum absolute atomic E-state index is 0.0162. The maximum Gasteiger partial charge on any atom is 0.208 e. The van der Waals surface area contributed by atoms with Crippen molar-refractivity contribution in [2.75, 3.05) is 0 Å². The molecule has 1 aliphatic rings. The highest BCUT2D eigenvalue weighted by Crippen LogP contribution is 2.17. The number of hydrogen-bond acceptors (Lipinski definition) is 2. The Morgan fingerprint density at radius 2 is 2.25 bits per heavy atom. The molecular weight excluding hydrogens is 131 g/mol. The Bertz CT molecular complexity index is 204. The summed E-state index contributed by atoms with van der Waals surface area (Å²) in [7, 11) is -3.47. The average Bonchev–Trinajstić information content (AvgIpc) is 1.86. The first-order valence-electron chi connectivity index (χ1n) is 2.17. The van der Waals surface area contributed by atoms with Gasteiger partial charge in [0.15, 0.2) is 0 Å². The molecule has 1 atom stereocenters. The van der Waals surface area contributed by atoms with Crippen LogP contribution in [0.2, 0.25) is 0 Å². The second-order valence-corrected chi connectivity index (χ2v) is 3.57. The highest BCUT2D eigenvalue weighted by Gasteiger charge is 2.25. The molecular formula is C4H5FO2S.